The first-order valence-electron chi connectivity index (χ1n) is 8.38. The largest absolute Gasteiger partial charge is 0.324 e. The Balaban J connectivity index is 0.000000351. The number of carbonyl (C=O) groups is 1. The first-order chi connectivity index (χ1) is 11.7. The lowest BCUT2D eigenvalue weighted by atomic mass is 10.0. The van der Waals surface area contributed by atoms with E-state index < -0.39 is 0 Å². The van der Waals surface area contributed by atoms with Crippen LogP contribution in [0, 0.1) is 0 Å². The summed E-state index contributed by atoms with van der Waals surface area (Å²) in [7, 11) is 0. The number of halogens is 1. The number of hydrogen-bond donors (Lipinski definition) is 1. The van der Waals surface area contributed by atoms with Crippen molar-refractivity contribution >= 4 is 23.2 Å². The van der Waals surface area contributed by atoms with Crippen molar-refractivity contribution in [3.63, 3.8) is 0 Å². The van der Waals surface area contributed by atoms with E-state index in [1.807, 2.05) is 54.6 Å². The van der Waals surface area contributed by atoms with E-state index in [2.05, 4.69) is 31.0 Å². The molecule has 0 saturated carbocycles. The molecule has 0 bridgehead atoms. The van der Waals surface area contributed by atoms with Gasteiger partial charge < -0.3 is 10.2 Å². The molecule has 0 atom stereocenters. The minimum absolute atomic E-state index is 0.0386. The lowest BCUT2D eigenvalue weighted by molar-refractivity contribution is -0.113. The van der Waals surface area contributed by atoms with Crippen molar-refractivity contribution < 1.29 is 4.79 Å². The van der Waals surface area contributed by atoms with Crippen LogP contribution in [0.15, 0.2) is 54.6 Å². The number of nitrogens with zero attached hydrogens (tertiary/aromatic N) is 1. The van der Waals surface area contributed by atoms with E-state index in [9.17, 15) is 4.79 Å². The van der Waals surface area contributed by atoms with Gasteiger partial charge in [-0.1, -0.05) is 69.3 Å². The third-order valence-electron chi connectivity index (χ3n) is 3.75. The lowest BCUT2D eigenvalue weighted by Crippen LogP contribution is -2.21. The molecule has 0 fully saturated rings. The highest BCUT2D eigenvalue weighted by Crippen LogP contribution is 2.27. The fourth-order valence-electron chi connectivity index (χ4n) is 2.32. The van der Waals surface area contributed by atoms with Crippen molar-refractivity contribution in [2.24, 2.45) is 0 Å². The van der Waals surface area contributed by atoms with Crippen molar-refractivity contribution in [1.29, 1.82) is 0 Å². The molecule has 0 aliphatic heterocycles. The monoisotopic (exact) mass is 346 g/mol. The Morgan fingerprint density at radius 2 is 1.46 bits per heavy atom. The summed E-state index contributed by atoms with van der Waals surface area (Å²) < 4.78 is 0. The van der Waals surface area contributed by atoms with Gasteiger partial charge in [0.05, 0.1) is 0 Å². The van der Waals surface area contributed by atoms with Crippen LogP contribution in [0.3, 0.4) is 0 Å². The number of carbonyl (C=O) groups excluding carboxylic acids is 1. The Kier molecular flexibility index (Phi) is 9.81. The zero-order valence-corrected chi connectivity index (χ0v) is 15.5. The van der Waals surface area contributed by atoms with E-state index in [1.165, 1.54) is 19.6 Å². The van der Waals surface area contributed by atoms with E-state index in [1.54, 1.807) is 0 Å². The molecule has 1 N–H and O–H groups in total. The maximum atomic E-state index is 11.3. The fourth-order valence-corrected chi connectivity index (χ4v) is 2.38. The number of anilines is 1. The van der Waals surface area contributed by atoms with Crippen LogP contribution < -0.4 is 5.32 Å². The first-order valence-corrected chi connectivity index (χ1v) is 8.92. The minimum atomic E-state index is -0.199. The molecule has 24 heavy (non-hydrogen) atoms. The molecule has 0 spiro atoms. The van der Waals surface area contributed by atoms with Gasteiger partial charge in [0.1, 0.15) is 5.88 Å². The van der Waals surface area contributed by atoms with E-state index in [-0.39, 0.29) is 11.8 Å². The third-order valence-corrected chi connectivity index (χ3v) is 3.99. The van der Waals surface area contributed by atoms with Gasteiger partial charge >= 0.3 is 0 Å². The van der Waals surface area contributed by atoms with Crippen LogP contribution in [0.1, 0.15) is 20.8 Å². The van der Waals surface area contributed by atoms with Gasteiger partial charge in [-0.15, -0.1) is 11.6 Å². The molecular formula is C20H27ClN2O. The molecule has 0 aromatic heterocycles. The van der Waals surface area contributed by atoms with Gasteiger partial charge in [-0.05, 0) is 31.3 Å². The molecule has 0 unspecified atom stereocenters. The number of rotatable bonds is 6. The molecule has 0 heterocycles. The zero-order chi connectivity index (χ0) is 17.8. The molecule has 4 heteroatoms. The maximum absolute atomic E-state index is 11.3. The Morgan fingerprint density at radius 3 is 1.96 bits per heavy atom. The standard InChI is InChI=1S/C14H12ClNO.C6H15N/c15-10-14(17)16-13-9-5-4-8-12(13)11-6-2-1-3-7-11;1-4-7(5-2)6-3/h1-9H,10H2,(H,16,17);4-6H2,1-3H3. The van der Waals surface area contributed by atoms with Crippen molar-refractivity contribution in [1.82, 2.24) is 4.90 Å². The van der Waals surface area contributed by atoms with Crippen LogP contribution in [-0.4, -0.2) is 36.3 Å². The zero-order valence-electron chi connectivity index (χ0n) is 14.8. The molecular weight excluding hydrogens is 320 g/mol. The normalized spacial score (nSPS) is 10.0. The van der Waals surface area contributed by atoms with E-state index in [0.29, 0.717) is 0 Å². The summed E-state index contributed by atoms with van der Waals surface area (Å²) in [6.45, 7) is 10.1. The van der Waals surface area contributed by atoms with Gasteiger partial charge in [0.25, 0.3) is 0 Å². The third kappa shape index (κ3) is 6.73. The van der Waals surface area contributed by atoms with E-state index >= 15 is 0 Å². The number of amides is 1. The van der Waals surface area contributed by atoms with Crippen molar-refractivity contribution in [3.05, 3.63) is 54.6 Å². The fraction of sp³-hybridized carbons (Fsp3) is 0.350. The first kappa shape index (κ1) is 20.2. The Bertz CT molecular complexity index is 592. The van der Waals surface area contributed by atoms with Gasteiger partial charge in [0.15, 0.2) is 0 Å². The molecule has 130 valence electrons. The van der Waals surface area contributed by atoms with Crippen LogP contribution in [0.5, 0.6) is 0 Å². The molecule has 0 radical (unpaired) electrons. The summed E-state index contributed by atoms with van der Waals surface area (Å²) in [4.78, 5) is 13.7. The molecule has 0 aliphatic carbocycles. The Labute approximate surface area is 150 Å². The highest BCUT2D eigenvalue weighted by atomic mass is 35.5. The predicted octanol–water partition coefficient (Wildman–Crippen LogP) is 4.88. The second-order valence-corrected chi connectivity index (χ2v) is 5.48. The Morgan fingerprint density at radius 1 is 0.917 bits per heavy atom. The maximum Gasteiger partial charge on any atom is 0.239 e. The highest BCUT2D eigenvalue weighted by molar-refractivity contribution is 6.29. The lowest BCUT2D eigenvalue weighted by Gasteiger charge is -2.13. The summed E-state index contributed by atoms with van der Waals surface area (Å²) in [5.74, 6) is -0.238. The SMILES string of the molecule is CCN(CC)CC.O=C(CCl)Nc1ccccc1-c1ccccc1. The molecule has 1 amide bonds. The molecule has 2 rings (SSSR count). The summed E-state index contributed by atoms with van der Waals surface area (Å²) in [5.41, 5.74) is 2.84. The van der Waals surface area contributed by atoms with Crippen LogP contribution in [0.25, 0.3) is 11.1 Å². The second-order valence-electron chi connectivity index (χ2n) is 5.21. The smallest absolute Gasteiger partial charge is 0.239 e. The molecule has 2 aromatic carbocycles. The number of hydrogen-bond acceptors (Lipinski definition) is 2. The minimum Gasteiger partial charge on any atom is -0.324 e. The van der Waals surface area contributed by atoms with Crippen LogP contribution in [0.2, 0.25) is 0 Å². The van der Waals surface area contributed by atoms with Crippen LogP contribution >= 0.6 is 11.6 Å². The number of alkyl halides is 1. The quantitative estimate of drug-likeness (QED) is 0.756. The van der Waals surface area contributed by atoms with Crippen molar-refractivity contribution in [2.45, 2.75) is 20.8 Å². The topological polar surface area (TPSA) is 32.3 Å². The second kappa shape index (κ2) is 11.7. The van der Waals surface area contributed by atoms with Crippen LogP contribution in [-0.2, 0) is 4.79 Å². The molecule has 2 aromatic rings. The van der Waals surface area contributed by atoms with Crippen molar-refractivity contribution in [3.8, 4) is 11.1 Å². The number of benzene rings is 2. The summed E-state index contributed by atoms with van der Waals surface area (Å²) in [6, 6.07) is 17.6. The number of para-hydroxylation sites is 1. The van der Waals surface area contributed by atoms with Crippen LogP contribution in [0.4, 0.5) is 5.69 Å². The molecule has 0 saturated heterocycles. The van der Waals surface area contributed by atoms with E-state index in [4.69, 9.17) is 11.6 Å². The molecule has 0 aliphatic rings. The van der Waals surface area contributed by atoms with Gasteiger partial charge in [-0.2, -0.15) is 0 Å². The van der Waals surface area contributed by atoms with Gasteiger partial charge in [-0.25, -0.2) is 0 Å². The average Bonchev–Trinajstić information content (AvgIpc) is 2.65. The summed E-state index contributed by atoms with van der Waals surface area (Å²) in [5, 5.41) is 2.79. The average molecular weight is 347 g/mol. The molecule has 3 nitrogen and oxygen atoms in total. The number of nitrogens with one attached hydrogen (secondary N) is 1. The Hall–Kier alpha value is -1.84. The predicted molar refractivity (Wildman–Crippen MR) is 105 cm³/mol. The van der Waals surface area contributed by atoms with E-state index in [0.717, 1.165) is 16.8 Å². The van der Waals surface area contributed by atoms with Gasteiger partial charge in [0, 0.05) is 11.3 Å². The van der Waals surface area contributed by atoms with Gasteiger partial charge in [-0.3, -0.25) is 4.79 Å². The summed E-state index contributed by atoms with van der Waals surface area (Å²) in [6.07, 6.45) is 0. The summed E-state index contributed by atoms with van der Waals surface area (Å²) >= 11 is 5.49. The van der Waals surface area contributed by atoms with Gasteiger partial charge in [0.2, 0.25) is 5.91 Å². The van der Waals surface area contributed by atoms with Crippen molar-refractivity contribution in [2.75, 3.05) is 30.8 Å². The highest BCUT2D eigenvalue weighted by Gasteiger charge is 2.06.